The van der Waals surface area contributed by atoms with Crippen LogP contribution in [0.15, 0.2) is 0 Å². The summed E-state index contributed by atoms with van der Waals surface area (Å²) in [4.78, 5) is 4.81. The maximum absolute atomic E-state index is 5.76. The van der Waals surface area contributed by atoms with Crippen LogP contribution in [0.4, 0.5) is 0 Å². The molecule has 0 radical (unpaired) electrons. The van der Waals surface area contributed by atoms with Gasteiger partial charge in [-0.2, -0.15) is 0 Å². The monoisotopic (exact) mass is 195 g/mol. The first-order chi connectivity index (χ1) is 6.77. The Bertz CT molecular complexity index is 216. The molecule has 1 aliphatic heterocycles. The average Bonchev–Trinajstić information content (AvgIpc) is 2.20. The number of likely N-dealkylation sites (N-methyl/N-ethyl adjacent to an activating group) is 1. The molecule has 0 aromatic heterocycles. The lowest BCUT2D eigenvalue weighted by Crippen LogP contribution is -2.54. The van der Waals surface area contributed by atoms with Crippen molar-refractivity contribution in [2.45, 2.75) is 19.4 Å². The van der Waals surface area contributed by atoms with Gasteiger partial charge < -0.3 is 10.6 Å². The smallest absolute Gasteiger partial charge is 0.0346 e. The molecule has 1 atom stereocenters. The summed E-state index contributed by atoms with van der Waals surface area (Å²) in [6.45, 7) is 7.08. The highest BCUT2D eigenvalue weighted by molar-refractivity contribution is 4.96. The maximum Gasteiger partial charge on any atom is 0.0346 e. The highest BCUT2D eigenvalue weighted by Crippen LogP contribution is 2.07. The lowest BCUT2D eigenvalue weighted by molar-refractivity contribution is 0.0966. The van der Waals surface area contributed by atoms with Gasteiger partial charge in [0, 0.05) is 45.2 Å². The van der Waals surface area contributed by atoms with E-state index in [1.165, 1.54) is 0 Å². The zero-order chi connectivity index (χ0) is 10.4. The molecule has 1 fully saturated rings. The second-order valence-electron chi connectivity index (χ2n) is 3.86. The van der Waals surface area contributed by atoms with E-state index in [2.05, 4.69) is 28.7 Å². The molecule has 1 heterocycles. The topological polar surface area (TPSA) is 32.5 Å². The highest BCUT2D eigenvalue weighted by atomic mass is 15.3. The average molecular weight is 195 g/mol. The van der Waals surface area contributed by atoms with Crippen molar-refractivity contribution in [3.8, 4) is 11.8 Å². The lowest BCUT2D eigenvalue weighted by atomic mass is 10.1. The van der Waals surface area contributed by atoms with Crippen LogP contribution in [-0.2, 0) is 0 Å². The fourth-order valence-electron chi connectivity index (χ4n) is 1.89. The molecule has 1 aliphatic rings. The molecule has 3 nitrogen and oxygen atoms in total. The number of piperazine rings is 1. The zero-order valence-corrected chi connectivity index (χ0v) is 9.29. The molecule has 1 unspecified atom stereocenters. The first-order valence-corrected chi connectivity index (χ1v) is 5.30. The Kier molecular flexibility index (Phi) is 4.95. The molecular formula is C11H21N3. The van der Waals surface area contributed by atoms with Crippen LogP contribution in [0, 0.1) is 11.8 Å². The van der Waals surface area contributed by atoms with Crippen LogP contribution < -0.4 is 5.73 Å². The van der Waals surface area contributed by atoms with Crippen molar-refractivity contribution in [2.75, 3.05) is 39.8 Å². The van der Waals surface area contributed by atoms with E-state index in [9.17, 15) is 0 Å². The molecule has 0 aromatic rings. The molecule has 14 heavy (non-hydrogen) atoms. The van der Waals surface area contributed by atoms with Crippen LogP contribution in [0.1, 0.15) is 13.3 Å². The van der Waals surface area contributed by atoms with Crippen molar-refractivity contribution in [2.24, 2.45) is 5.73 Å². The summed E-state index contributed by atoms with van der Waals surface area (Å²) >= 11 is 0. The second-order valence-corrected chi connectivity index (χ2v) is 3.86. The van der Waals surface area contributed by atoms with Gasteiger partial charge in [-0.15, -0.1) is 11.8 Å². The maximum atomic E-state index is 5.76. The third-order valence-corrected chi connectivity index (χ3v) is 2.78. The first kappa shape index (κ1) is 11.5. The van der Waals surface area contributed by atoms with E-state index in [0.29, 0.717) is 6.04 Å². The van der Waals surface area contributed by atoms with Gasteiger partial charge in [-0.3, -0.25) is 4.90 Å². The number of hydrogen-bond donors (Lipinski definition) is 1. The van der Waals surface area contributed by atoms with E-state index in [-0.39, 0.29) is 0 Å². The Morgan fingerprint density at radius 3 is 2.86 bits per heavy atom. The van der Waals surface area contributed by atoms with Crippen molar-refractivity contribution in [1.82, 2.24) is 9.80 Å². The van der Waals surface area contributed by atoms with E-state index < -0.39 is 0 Å². The van der Waals surface area contributed by atoms with Crippen LogP contribution >= 0.6 is 0 Å². The van der Waals surface area contributed by atoms with Gasteiger partial charge in [-0.1, -0.05) is 0 Å². The molecule has 0 aromatic carbocycles. The van der Waals surface area contributed by atoms with Gasteiger partial charge in [0.25, 0.3) is 0 Å². The van der Waals surface area contributed by atoms with E-state index in [4.69, 9.17) is 5.73 Å². The largest absolute Gasteiger partial charge is 0.329 e. The number of hydrogen-bond acceptors (Lipinski definition) is 3. The SMILES string of the molecule is CC#CCCN1CCN(C)CC1CN. The van der Waals surface area contributed by atoms with Crippen molar-refractivity contribution in [3.63, 3.8) is 0 Å². The quantitative estimate of drug-likeness (QED) is 0.642. The van der Waals surface area contributed by atoms with Crippen LogP contribution in [0.3, 0.4) is 0 Å². The van der Waals surface area contributed by atoms with E-state index >= 15 is 0 Å². The number of rotatable bonds is 3. The minimum Gasteiger partial charge on any atom is -0.329 e. The molecule has 1 saturated heterocycles. The molecule has 3 heteroatoms. The van der Waals surface area contributed by atoms with Crippen LogP contribution in [-0.4, -0.2) is 55.6 Å². The Morgan fingerprint density at radius 1 is 1.43 bits per heavy atom. The van der Waals surface area contributed by atoms with Gasteiger partial charge in [0.2, 0.25) is 0 Å². The first-order valence-electron chi connectivity index (χ1n) is 5.30. The highest BCUT2D eigenvalue weighted by Gasteiger charge is 2.22. The molecule has 1 rings (SSSR count). The molecular weight excluding hydrogens is 174 g/mol. The van der Waals surface area contributed by atoms with Crippen LogP contribution in [0.25, 0.3) is 0 Å². The summed E-state index contributed by atoms with van der Waals surface area (Å²) in [5.74, 6) is 6.04. The molecule has 0 bridgehead atoms. The Morgan fingerprint density at radius 2 is 2.21 bits per heavy atom. The summed E-state index contributed by atoms with van der Waals surface area (Å²) < 4.78 is 0. The predicted octanol–water partition coefficient (Wildman–Crippen LogP) is -0.0255. The minimum absolute atomic E-state index is 0.521. The Labute approximate surface area is 87.2 Å². The fraction of sp³-hybridized carbons (Fsp3) is 0.818. The normalized spacial score (nSPS) is 24.4. The summed E-state index contributed by atoms with van der Waals surface area (Å²) in [5.41, 5.74) is 5.76. The van der Waals surface area contributed by atoms with Gasteiger partial charge in [-0.05, 0) is 14.0 Å². The number of nitrogens with two attached hydrogens (primary N) is 1. The van der Waals surface area contributed by atoms with Gasteiger partial charge in [0.1, 0.15) is 0 Å². The standard InChI is InChI=1S/C11H21N3/c1-3-4-5-6-14-8-7-13(2)10-11(14)9-12/h11H,5-10,12H2,1-2H3. The van der Waals surface area contributed by atoms with Crippen molar-refractivity contribution < 1.29 is 0 Å². The van der Waals surface area contributed by atoms with Crippen LogP contribution in [0.2, 0.25) is 0 Å². The van der Waals surface area contributed by atoms with Crippen molar-refractivity contribution >= 4 is 0 Å². The Balaban J connectivity index is 2.36. The van der Waals surface area contributed by atoms with E-state index in [1.54, 1.807) is 0 Å². The summed E-state index contributed by atoms with van der Waals surface area (Å²) in [6, 6.07) is 0.521. The molecule has 80 valence electrons. The van der Waals surface area contributed by atoms with Crippen molar-refractivity contribution in [3.05, 3.63) is 0 Å². The van der Waals surface area contributed by atoms with Gasteiger partial charge in [-0.25, -0.2) is 0 Å². The summed E-state index contributed by atoms with van der Waals surface area (Å²) in [7, 11) is 2.16. The van der Waals surface area contributed by atoms with E-state index in [1.807, 2.05) is 6.92 Å². The minimum atomic E-state index is 0.521. The van der Waals surface area contributed by atoms with Gasteiger partial charge >= 0.3 is 0 Å². The van der Waals surface area contributed by atoms with Crippen LogP contribution in [0.5, 0.6) is 0 Å². The molecule has 0 amide bonds. The fourth-order valence-corrected chi connectivity index (χ4v) is 1.89. The third kappa shape index (κ3) is 3.30. The zero-order valence-electron chi connectivity index (χ0n) is 9.29. The van der Waals surface area contributed by atoms with Gasteiger partial charge in [0.15, 0.2) is 0 Å². The molecule has 2 N–H and O–H groups in total. The Hall–Kier alpha value is -0.560. The van der Waals surface area contributed by atoms with Gasteiger partial charge in [0.05, 0.1) is 0 Å². The second kappa shape index (κ2) is 6.02. The predicted molar refractivity (Wildman–Crippen MR) is 60.0 cm³/mol. The number of nitrogens with zero attached hydrogens (tertiary/aromatic N) is 2. The van der Waals surface area contributed by atoms with E-state index in [0.717, 1.165) is 39.1 Å². The third-order valence-electron chi connectivity index (χ3n) is 2.78. The molecule has 0 spiro atoms. The lowest BCUT2D eigenvalue weighted by Gasteiger charge is -2.39. The molecule has 0 saturated carbocycles. The summed E-state index contributed by atoms with van der Waals surface area (Å²) in [6.07, 6.45) is 0.969. The van der Waals surface area contributed by atoms with Crippen molar-refractivity contribution in [1.29, 1.82) is 0 Å². The molecule has 0 aliphatic carbocycles. The summed E-state index contributed by atoms with van der Waals surface area (Å²) in [5, 5.41) is 0.